The number of allylic oxidation sites excluding steroid dienone is 1. The fraction of sp³-hybridized carbons (Fsp3) is 0.308. The van der Waals surface area contributed by atoms with Gasteiger partial charge in [0, 0.05) is 63.6 Å². The van der Waals surface area contributed by atoms with Crippen molar-refractivity contribution in [3.05, 3.63) is 81.3 Å². The molecule has 0 radical (unpaired) electrons. The molecule has 0 fully saturated rings. The van der Waals surface area contributed by atoms with E-state index >= 15 is 0 Å². The first kappa shape index (κ1) is 28.1. The Morgan fingerprint density at radius 2 is 1.94 bits per heavy atom. The molecule has 1 amide bonds. The van der Waals surface area contributed by atoms with Crippen LogP contribution >= 0.6 is 0 Å². The van der Waals surface area contributed by atoms with Gasteiger partial charge in [-0.15, -0.1) is 0 Å². The van der Waals surface area contributed by atoms with E-state index in [0.717, 1.165) is 31.0 Å². The summed E-state index contributed by atoms with van der Waals surface area (Å²) in [6, 6.07) is 6.24. The zero-order chi connectivity index (χ0) is 26.8. The van der Waals surface area contributed by atoms with Crippen LogP contribution in [-0.2, 0) is 11.8 Å². The average Bonchev–Trinajstić information content (AvgIpc) is 2.82. The molecule has 36 heavy (non-hydrogen) atoms. The van der Waals surface area contributed by atoms with Gasteiger partial charge in [-0.05, 0) is 43.9 Å². The molecule has 1 aromatic heterocycles. The van der Waals surface area contributed by atoms with E-state index in [0.29, 0.717) is 6.54 Å². The van der Waals surface area contributed by atoms with Crippen molar-refractivity contribution in [1.29, 1.82) is 5.41 Å². The number of pyridine rings is 1. The summed E-state index contributed by atoms with van der Waals surface area (Å²) in [5, 5.41) is 8.00. The lowest BCUT2D eigenvalue weighted by Gasteiger charge is -2.19. The lowest BCUT2D eigenvalue weighted by Crippen LogP contribution is -2.32. The first-order valence-electron chi connectivity index (χ1n) is 11.1. The van der Waals surface area contributed by atoms with Gasteiger partial charge >= 0.3 is 0 Å². The molecule has 8 nitrogen and oxygen atoms in total. The molecule has 0 bridgehead atoms. The number of rotatable bonds is 8. The molecule has 0 saturated carbocycles. The number of nitrogens with one attached hydrogen (secondary N) is 1. The summed E-state index contributed by atoms with van der Waals surface area (Å²) in [7, 11) is 7.09. The fourth-order valence-corrected chi connectivity index (χ4v) is 3.20. The van der Waals surface area contributed by atoms with Gasteiger partial charge < -0.3 is 20.1 Å². The minimum atomic E-state index is -0.842. The quantitative estimate of drug-likeness (QED) is 0.253. The number of benzene rings is 1. The van der Waals surface area contributed by atoms with Crippen LogP contribution in [0.2, 0.25) is 0 Å². The number of likely N-dealkylation sites (N-methyl/N-ethyl adjacent to an activating group) is 2. The van der Waals surface area contributed by atoms with Gasteiger partial charge in [0.15, 0.2) is 0 Å². The number of nitrogens with two attached hydrogens (primary N) is 1. The van der Waals surface area contributed by atoms with Crippen LogP contribution in [0.25, 0.3) is 0 Å². The van der Waals surface area contributed by atoms with Crippen LogP contribution in [0, 0.1) is 28.9 Å². The van der Waals surface area contributed by atoms with Crippen LogP contribution < -0.4 is 11.3 Å². The number of primary amides is 1. The summed E-state index contributed by atoms with van der Waals surface area (Å²) in [4.78, 5) is 32.0. The summed E-state index contributed by atoms with van der Waals surface area (Å²) in [6.45, 7) is 1.28. The highest BCUT2D eigenvalue weighted by atomic mass is 19.1. The monoisotopic (exact) mass is 496 g/mol. The minimum Gasteiger partial charge on any atom is -0.366 e. The second-order valence-electron chi connectivity index (χ2n) is 8.39. The normalized spacial score (nSPS) is 12.4. The molecule has 0 aliphatic carbocycles. The largest absolute Gasteiger partial charge is 0.366 e. The standard InChI is InChI=1S/C26H30F2N6O2/c1-32(2)14-15-34(4)26(30)31-17-18(24(29)35)8-5-6-9-20(21-10-7-13-33(3)25(21)36)22-16-19(27)11-12-23(22)28/h7-8,10-13,16-17,20,30H,9,14-15H2,1-4H3,(H2,29,35)/b18-8-,30-26?,31-17?. The molecule has 3 N–H and O–H groups in total. The first-order chi connectivity index (χ1) is 17.0. The average molecular weight is 497 g/mol. The van der Waals surface area contributed by atoms with E-state index in [1.807, 2.05) is 19.0 Å². The van der Waals surface area contributed by atoms with Gasteiger partial charge in [-0.1, -0.05) is 17.9 Å². The van der Waals surface area contributed by atoms with Gasteiger partial charge in [0.1, 0.15) is 11.6 Å². The van der Waals surface area contributed by atoms with Crippen molar-refractivity contribution >= 4 is 18.1 Å². The van der Waals surface area contributed by atoms with Gasteiger partial charge in [0.2, 0.25) is 5.96 Å². The molecular formula is C26H30F2N6O2. The highest BCUT2D eigenvalue weighted by Gasteiger charge is 2.21. The summed E-state index contributed by atoms with van der Waals surface area (Å²) in [5.41, 5.74) is 5.28. The smallest absolute Gasteiger partial charge is 0.254 e. The molecule has 1 heterocycles. The summed E-state index contributed by atoms with van der Waals surface area (Å²) in [6.07, 6.45) is 3.93. The molecule has 1 unspecified atom stereocenters. The van der Waals surface area contributed by atoms with Gasteiger partial charge in [0.05, 0.1) is 5.57 Å². The number of aromatic nitrogens is 1. The lowest BCUT2D eigenvalue weighted by atomic mass is 9.89. The van der Waals surface area contributed by atoms with E-state index in [9.17, 15) is 18.4 Å². The number of carbonyl (C=O) groups excluding carboxylic acids is 1. The van der Waals surface area contributed by atoms with Gasteiger partial charge in [-0.3, -0.25) is 15.0 Å². The number of amides is 1. The van der Waals surface area contributed by atoms with Crippen LogP contribution in [0.4, 0.5) is 8.78 Å². The molecule has 0 aliphatic heterocycles. The van der Waals surface area contributed by atoms with E-state index < -0.39 is 23.5 Å². The first-order valence-corrected chi connectivity index (χ1v) is 11.1. The number of nitrogens with zero attached hydrogens (tertiary/aromatic N) is 4. The Hall–Kier alpha value is -4.10. The van der Waals surface area contributed by atoms with E-state index in [2.05, 4.69) is 16.8 Å². The van der Waals surface area contributed by atoms with Crippen molar-refractivity contribution in [2.75, 3.05) is 34.2 Å². The van der Waals surface area contributed by atoms with Crippen molar-refractivity contribution in [2.45, 2.75) is 12.3 Å². The number of halogens is 2. The summed E-state index contributed by atoms with van der Waals surface area (Å²) < 4.78 is 29.8. The third-order valence-electron chi connectivity index (χ3n) is 5.35. The predicted octanol–water partition coefficient (Wildman–Crippen LogP) is 2.10. The minimum absolute atomic E-state index is 0.00229. The SMILES string of the molecule is CN(C)CCN(C)C(=N)N=C/C(=C/C#CCC(c1cc(F)ccc1F)c1cccn(C)c1=O)C(N)=O. The second-order valence-corrected chi connectivity index (χ2v) is 8.39. The Labute approximate surface area is 209 Å². The number of guanidine groups is 1. The van der Waals surface area contributed by atoms with Crippen molar-refractivity contribution < 1.29 is 13.6 Å². The number of aryl methyl sites for hydroxylation is 1. The third-order valence-corrected chi connectivity index (χ3v) is 5.35. The molecule has 10 heteroatoms. The molecule has 0 saturated heterocycles. The Bertz CT molecular complexity index is 1290. The topological polar surface area (TPSA) is 108 Å². The molecular weight excluding hydrogens is 466 g/mol. The fourth-order valence-electron chi connectivity index (χ4n) is 3.20. The van der Waals surface area contributed by atoms with Gasteiger partial charge in [-0.2, -0.15) is 0 Å². The predicted molar refractivity (Wildman–Crippen MR) is 137 cm³/mol. The number of carbonyl (C=O) groups is 1. The Balaban J connectivity index is 2.31. The molecule has 1 aromatic carbocycles. The van der Waals surface area contributed by atoms with Crippen LogP contribution in [-0.4, -0.2) is 66.7 Å². The zero-order valence-corrected chi connectivity index (χ0v) is 20.8. The Kier molecular flexibility index (Phi) is 10.2. The molecule has 2 aromatic rings. The van der Waals surface area contributed by atoms with E-state index in [4.69, 9.17) is 11.1 Å². The second kappa shape index (κ2) is 13.1. The number of hydrogen-bond acceptors (Lipinski definition) is 4. The Morgan fingerprint density at radius 1 is 1.22 bits per heavy atom. The highest BCUT2D eigenvalue weighted by molar-refractivity contribution is 6.13. The number of aliphatic imine (C=N–C) groups is 1. The van der Waals surface area contributed by atoms with E-state index in [-0.39, 0.29) is 34.6 Å². The van der Waals surface area contributed by atoms with E-state index in [1.165, 1.54) is 10.6 Å². The van der Waals surface area contributed by atoms with Crippen molar-refractivity contribution in [2.24, 2.45) is 17.8 Å². The zero-order valence-electron chi connectivity index (χ0n) is 20.8. The molecule has 190 valence electrons. The van der Waals surface area contributed by atoms with Crippen molar-refractivity contribution in [3.8, 4) is 11.8 Å². The maximum Gasteiger partial charge on any atom is 0.254 e. The van der Waals surface area contributed by atoms with E-state index in [1.54, 1.807) is 37.3 Å². The number of hydrogen-bond donors (Lipinski definition) is 2. The van der Waals surface area contributed by atoms with Crippen LogP contribution in [0.1, 0.15) is 23.5 Å². The Morgan fingerprint density at radius 3 is 2.61 bits per heavy atom. The van der Waals surface area contributed by atoms with Crippen LogP contribution in [0.3, 0.4) is 0 Å². The summed E-state index contributed by atoms with van der Waals surface area (Å²) >= 11 is 0. The van der Waals surface area contributed by atoms with Crippen LogP contribution in [0.5, 0.6) is 0 Å². The lowest BCUT2D eigenvalue weighted by molar-refractivity contribution is -0.114. The van der Waals surface area contributed by atoms with Crippen LogP contribution in [0.15, 0.2) is 58.0 Å². The van der Waals surface area contributed by atoms with Crippen molar-refractivity contribution in [3.63, 3.8) is 0 Å². The maximum atomic E-state index is 14.6. The maximum absolute atomic E-state index is 14.6. The molecule has 2 rings (SSSR count). The third kappa shape index (κ3) is 7.99. The van der Waals surface area contributed by atoms with Crippen molar-refractivity contribution in [1.82, 2.24) is 14.4 Å². The molecule has 1 atom stereocenters. The van der Waals surface area contributed by atoms with Gasteiger partial charge in [-0.25, -0.2) is 13.8 Å². The summed E-state index contributed by atoms with van der Waals surface area (Å²) in [5.74, 6) is 2.49. The molecule has 0 spiro atoms. The highest BCUT2D eigenvalue weighted by Crippen LogP contribution is 2.28. The van der Waals surface area contributed by atoms with Gasteiger partial charge in [0.25, 0.3) is 11.5 Å². The molecule has 0 aliphatic rings.